The number of urea groups is 1. The SMILES string of the molecule is CCOC(=O)CCCCCNC(=O)N1CCCN(Cc2ccncc2)CC1. The van der Waals surface area contributed by atoms with E-state index < -0.39 is 0 Å². The number of esters is 1. The summed E-state index contributed by atoms with van der Waals surface area (Å²) in [6, 6.07) is 4.10. The molecule has 7 heteroatoms. The van der Waals surface area contributed by atoms with E-state index in [2.05, 4.69) is 15.2 Å². The summed E-state index contributed by atoms with van der Waals surface area (Å²) in [6.45, 7) is 7.23. The van der Waals surface area contributed by atoms with E-state index in [-0.39, 0.29) is 12.0 Å². The van der Waals surface area contributed by atoms with Crippen molar-refractivity contribution in [2.45, 2.75) is 45.6 Å². The van der Waals surface area contributed by atoms with Crippen molar-refractivity contribution < 1.29 is 14.3 Å². The molecule has 7 nitrogen and oxygen atoms in total. The lowest BCUT2D eigenvalue weighted by Crippen LogP contribution is -2.42. The van der Waals surface area contributed by atoms with Crippen LogP contribution in [0.15, 0.2) is 24.5 Å². The maximum absolute atomic E-state index is 12.4. The molecule has 2 amide bonds. The molecule has 1 aromatic heterocycles. The molecule has 0 aliphatic carbocycles. The van der Waals surface area contributed by atoms with Gasteiger partial charge in [0.05, 0.1) is 6.61 Å². The topological polar surface area (TPSA) is 74.8 Å². The Kier molecular flexibility index (Phi) is 9.62. The van der Waals surface area contributed by atoms with E-state index in [9.17, 15) is 9.59 Å². The van der Waals surface area contributed by atoms with Gasteiger partial charge in [-0.25, -0.2) is 4.79 Å². The number of nitrogens with zero attached hydrogens (tertiary/aromatic N) is 3. The number of rotatable bonds is 9. The molecule has 27 heavy (non-hydrogen) atoms. The van der Waals surface area contributed by atoms with E-state index in [0.29, 0.717) is 19.6 Å². The number of hydrogen-bond donors (Lipinski definition) is 1. The highest BCUT2D eigenvalue weighted by molar-refractivity contribution is 5.74. The first-order valence-electron chi connectivity index (χ1n) is 9.98. The van der Waals surface area contributed by atoms with Gasteiger partial charge in [0.1, 0.15) is 0 Å². The average Bonchev–Trinajstić information content (AvgIpc) is 2.91. The van der Waals surface area contributed by atoms with Gasteiger partial charge in [0, 0.05) is 58.1 Å². The van der Waals surface area contributed by atoms with Gasteiger partial charge in [0.25, 0.3) is 0 Å². The maximum Gasteiger partial charge on any atom is 0.317 e. The lowest BCUT2D eigenvalue weighted by molar-refractivity contribution is -0.143. The predicted molar refractivity (Wildman–Crippen MR) is 104 cm³/mol. The van der Waals surface area contributed by atoms with E-state index in [0.717, 1.165) is 58.4 Å². The molecule has 0 bridgehead atoms. The van der Waals surface area contributed by atoms with E-state index in [1.165, 1.54) is 5.56 Å². The molecule has 0 atom stereocenters. The van der Waals surface area contributed by atoms with Crippen LogP contribution in [0.5, 0.6) is 0 Å². The fraction of sp³-hybridized carbons (Fsp3) is 0.650. The molecule has 1 aliphatic rings. The second kappa shape index (κ2) is 12.3. The Bertz CT molecular complexity index is 568. The molecular formula is C20H32N4O3. The summed E-state index contributed by atoms with van der Waals surface area (Å²) in [4.78, 5) is 32.0. The summed E-state index contributed by atoms with van der Waals surface area (Å²) in [5.74, 6) is -0.137. The molecule has 2 heterocycles. The standard InChI is InChI=1S/C20H32N4O3/c1-2-27-19(25)7-4-3-5-10-22-20(26)24-14-6-13-23(15-16-24)17-18-8-11-21-12-9-18/h8-9,11-12H,2-7,10,13-17H2,1H3,(H,22,26). The number of carbonyl (C=O) groups excluding carboxylic acids is 2. The van der Waals surface area contributed by atoms with Crippen LogP contribution in [0.1, 0.15) is 44.6 Å². The normalized spacial score (nSPS) is 15.2. The van der Waals surface area contributed by atoms with Crippen LogP contribution in [0.25, 0.3) is 0 Å². The zero-order valence-electron chi connectivity index (χ0n) is 16.4. The lowest BCUT2D eigenvalue weighted by atomic mass is 10.2. The number of nitrogens with one attached hydrogen (secondary N) is 1. The third-order valence-corrected chi connectivity index (χ3v) is 4.67. The fourth-order valence-corrected chi connectivity index (χ4v) is 3.19. The van der Waals surface area contributed by atoms with Crippen molar-refractivity contribution in [2.24, 2.45) is 0 Å². The molecule has 0 saturated carbocycles. The van der Waals surface area contributed by atoms with Crippen LogP contribution >= 0.6 is 0 Å². The quantitative estimate of drug-likeness (QED) is 0.529. The van der Waals surface area contributed by atoms with Crippen LogP contribution in [0, 0.1) is 0 Å². The summed E-state index contributed by atoms with van der Waals surface area (Å²) in [5, 5.41) is 3.00. The van der Waals surface area contributed by atoms with Crippen LogP contribution in [0.2, 0.25) is 0 Å². The summed E-state index contributed by atoms with van der Waals surface area (Å²) in [7, 11) is 0. The van der Waals surface area contributed by atoms with Gasteiger partial charge >= 0.3 is 12.0 Å². The Morgan fingerprint density at radius 2 is 1.93 bits per heavy atom. The molecule has 1 N–H and O–H groups in total. The summed E-state index contributed by atoms with van der Waals surface area (Å²) in [5.41, 5.74) is 1.26. The van der Waals surface area contributed by atoms with Crippen molar-refractivity contribution in [3.8, 4) is 0 Å². The zero-order valence-corrected chi connectivity index (χ0v) is 16.4. The first kappa shape index (κ1) is 21.2. The van der Waals surface area contributed by atoms with Gasteiger partial charge in [0.2, 0.25) is 0 Å². The van der Waals surface area contributed by atoms with Gasteiger partial charge in [-0.05, 0) is 43.9 Å². The number of aromatic nitrogens is 1. The number of pyridine rings is 1. The summed E-state index contributed by atoms with van der Waals surface area (Å²) < 4.78 is 4.90. The molecule has 1 aromatic rings. The number of amides is 2. The molecule has 0 spiro atoms. The van der Waals surface area contributed by atoms with Crippen molar-refractivity contribution in [3.05, 3.63) is 30.1 Å². The van der Waals surface area contributed by atoms with Gasteiger partial charge < -0.3 is 15.0 Å². The molecule has 0 unspecified atom stereocenters. The van der Waals surface area contributed by atoms with Crippen molar-refractivity contribution in [2.75, 3.05) is 39.3 Å². The van der Waals surface area contributed by atoms with Crippen molar-refractivity contribution in [1.29, 1.82) is 0 Å². The molecular weight excluding hydrogens is 344 g/mol. The van der Waals surface area contributed by atoms with Crippen molar-refractivity contribution in [1.82, 2.24) is 20.1 Å². The molecule has 1 saturated heterocycles. The minimum atomic E-state index is -0.137. The molecule has 1 fully saturated rings. The van der Waals surface area contributed by atoms with Gasteiger partial charge in [-0.15, -0.1) is 0 Å². The van der Waals surface area contributed by atoms with Crippen molar-refractivity contribution in [3.63, 3.8) is 0 Å². The van der Waals surface area contributed by atoms with Gasteiger partial charge in [-0.3, -0.25) is 14.7 Å². The first-order chi connectivity index (χ1) is 13.2. The summed E-state index contributed by atoms with van der Waals surface area (Å²) >= 11 is 0. The zero-order chi connectivity index (χ0) is 19.3. The number of unbranched alkanes of at least 4 members (excludes halogenated alkanes) is 2. The lowest BCUT2D eigenvalue weighted by Gasteiger charge is -2.22. The summed E-state index contributed by atoms with van der Waals surface area (Å²) in [6.07, 6.45) is 7.69. The fourth-order valence-electron chi connectivity index (χ4n) is 3.19. The smallest absolute Gasteiger partial charge is 0.317 e. The van der Waals surface area contributed by atoms with Gasteiger partial charge in [-0.2, -0.15) is 0 Å². The Hall–Kier alpha value is -2.15. The third-order valence-electron chi connectivity index (χ3n) is 4.67. The van der Waals surface area contributed by atoms with E-state index in [4.69, 9.17) is 4.74 Å². The molecule has 1 aliphatic heterocycles. The second-order valence-corrected chi connectivity index (χ2v) is 6.82. The van der Waals surface area contributed by atoms with Gasteiger partial charge in [0.15, 0.2) is 0 Å². The largest absolute Gasteiger partial charge is 0.466 e. The molecule has 0 aromatic carbocycles. The average molecular weight is 377 g/mol. The first-order valence-corrected chi connectivity index (χ1v) is 9.98. The second-order valence-electron chi connectivity index (χ2n) is 6.82. The van der Waals surface area contributed by atoms with E-state index in [1.54, 1.807) is 0 Å². The number of hydrogen-bond acceptors (Lipinski definition) is 5. The van der Waals surface area contributed by atoms with Crippen LogP contribution < -0.4 is 5.32 Å². The predicted octanol–water partition coefficient (Wildman–Crippen LogP) is 2.42. The maximum atomic E-state index is 12.4. The van der Waals surface area contributed by atoms with Crippen LogP contribution in [0.4, 0.5) is 4.79 Å². The van der Waals surface area contributed by atoms with Crippen LogP contribution in [0.3, 0.4) is 0 Å². The Morgan fingerprint density at radius 1 is 1.11 bits per heavy atom. The molecule has 2 rings (SSSR count). The Balaban J connectivity index is 1.59. The van der Waals surface area contributed by atoms with E-state index >= 15 is 0 Å². The highest BCUT2D eigenvalue weighted by Gasteiger charge is 2.18. The van der Waals surface area contributed by atoms with E-state index in [1.807, 2.05) is 36.4 Å². The number of ether oxygens (including phenoxy) is 1. The van der Waals surface area contributed by atoms with Gasteiger partial charge in [-0.1, -0.05) is 6.42 Å². The minimum absolute atomic E-state index is 0.0196. The van der Waals surface area contributed by atoms with Crippen molar-refractivity contribution >= 4 is 12.0 Å². The molecule has 150 valence electrons. The number of carbonyl (C=O) groups is 2. The minimum Gasteiger partial charge on any atom is -0.466 e. The van der Waals surface area contributed by atoms with Crippen LogP contribution in [-0.2, 0) is 16.1 Å². The monoisotopic (exact) mass is 376 g/mol. The Labute approximate surface area is 162 Å². The molecule has 0 radical (unpaired) electrons. The highest BCUT2D eigenvalue weighted by Crippen LogP contribution is 2.09. The third kappa shape index (κ3) is 8.39. The van der Waals surface area contributed by atoms with Crippen LogP contribution in [-0.4, -0.2) is 66.1 Å². The highest BCUT2D eigenvalue weighted by atomic mass is 16.5. The Morgan fingerprint density at radius 3 is 2.70 bits per heavy atom.